The number of ether oxygens (including phenoxy) is 1. The normalized spacial score (nSPS) is 15.3. The lowest BCUT2D eigenvalue weighted by Crippen LogP contribution is -2.54. The minimum absolute atomic E-state index is 0.0235. The van der Waals surface area contributed by atoms with E-state index in [4.69, 9.17) is 4.74 Å². The minimum atomic E-state index is -4.40. The molecule has 5 rings (SSSR count). The molecule has 1 aromatic heterocycles. The van der Waals surface area contributed by atoms with Gasteiger partial charge in [-0.3, -0.25) is 14.5 Å². The van der Waals surface area contributed by atoms with Crippen LogP contribution in [0.25, 0.3) is 11.1 Å². The van der Waals surface area contributed by atoms with Crippen LogP contribution in [0.15, 0.2) is 88.6 Å². The van der Waals surface area contributed by atoms with Gasteiger partial charge in [0.25, 0.3) is 5.56 Å². The standard InChI is InChI=1S/C37H40F4N4O3S/c1-3-45-36(47)23-33(49-25-27-9-17-31(38)18-10-27)32(42-45)22-35(46)44(34-6-4-5-19-43(34)20-21-48-2)24-26-7-11-28(12-8-26)29-13-15-30(16-14-29)37(39,40)41/h7-18,23,34H,3-6,19-22,24-25H2,1-2H3. The van der Waals surface area contributed by atoms with Gasteiger partial charge in [0.1, 0.15) is 5.82 Å². The summed E-state index contributed by atoms with van der Waals surface area (Å²) in [5.74, 6) is 0.00335. The monoisotopic (exact) mass is 696 g/mol. The highest BCUT2D eigenvalue weighted by Gasteiger charge is 2.32. The minimum Gasteiger partial charge on any atom is -0.383 e. The van der Waals surface area contributed by atoms with Crippen molar-refractivity contribution in [2.75, 3.05) is 26.8 Å². The zero-order valence-corrected chi connectivity index (χ0v) is 28.4. The molecule has 3 aromatic carbocycles. The second-order valence-corrected chi connectivity index (χ2v) is 13.0. The van der Waals surface area contributed by atoms with Crippen molar-refractivity contribution in [1.82, 2.24) is 19.6 Å². The van der Waals surface area contributed by atoms with Crippen LogP contribution in [-0.4, -0.2) is 58.5 Å². The van der Waals surface area contributed by atoms with Crippen molar-refractivity contribution < 1.29 is 27.1 Å². The number of thioether (sulfide) groups is 1. The Balaban J connectivity index is 1.41. The Morgan fingerprint density at radius 3 is 2.27 bits per heavy atom. The molecule has 0 bridgehead atoms. The van der Waals surface area contributed by atoms with E-state index in [2.05, 4.69) is 10.00 Å². The molecule has 0 saturated carbocycles. The number of likely N-dealkylation sites (tertiary alicyclic amines) is 1. The van der Waals surface area contributed by atoms with E-state index in [1.165, 1.54) is 46.8 Å². The zero-order valence-electron chi connectivity index (χ0n) is 27.6. The lowest BCUT2D eigenvalue weighted by atomic mass is 10.0. The Bertz CT molecular complexity index is 1750. The topological polar surface area (TPSA) is 67.7 Å². The first-order chi connectivity index (χ1) is 23.5. The third kappa shape index (κ3) is 9.58. The molecule has 4 aromatic rings. The SMILES string of the molecule is CCn1nc(CC(=O)N(Cc2ccc(-c3ccc(C(F)(F)F)cc3)cc2)C2CCCCN2CCOC)c(SCc2ccc(F)cc2)cc1=O. The highest BCUT2D eigenvalue weighted by atomic mass is 32.2. The molecule has 260 valence electrons. The van der Waals surface area contributed by atoms with Gasteiger partial charge in [-0.05, 0) is 72.7 Å². The van der Waals surface area contributed by atoms with Gasteiger partial charge in [-0.1, -0.05) is 48.5 Å². The van der Waals surface area contributed by atoms with Crippen LogP contribution in [0, 0.1) is 5.82 Å². The number of benzene rings is 3. The number of carbonyl (C=O) groups is 1. The molecule has 7 nitrogen and oxygen atoms in total. The van der Waals surface area contributed by atoms with E-state index in [-0.39, 0.29) is 29.9 Å². The Morgan fingerprint density at radius 1 is 0.980 bits per heavy atom. The smallest absolute Gasteiger partial charge is 0.383 e. The lowest BCUT2D eigenvalue weighted by Gasteiger charge is -2.43. The van der Waals surface area contributed by atoms with Crippen molar-refractivity contribution in [3.8, 4) is 11.1 Å². The molecular formula is C37H40F4N4O3S. The van der Waals surface area contributed by atoms with E-state index in [0.717, 1.165) is 54.6 Å². The summed E-state index contributed by atoms with van der Waals surface area (Å²) in [7, 11) is 1.65. The number of aromatic nitrogens is 2. The molecule has 0 radical (unpaired) electrons. The molecule has 1 fully saturated rings. The Labute approximate surface area is 287 Å². The van der Waals surface area contributed by atoms with Crippen molar-refractivity contribution in [2.45, 2.75) is 68.7 Å². The largest absolute Gasteiger partial charge is 0.416 e. The number of piperidine rings is 1. The van der Waals surface area contributed by atoms with E-state index in [9.17, 15) is 27.2 Å². The molecule has 1 amide bonds. The van der Waals surface area contributed by atoms with Crippen LogP contribution in [0.5, 0.6) is 0 Å². The van der Waals surface area contributed by atoms with Crippen LogP contribution in [0.3, 0.4) is 0 Å². The quantitative estimate of drug-likeness (QED) is 0.107. The summed E-state index contributed by atoms with van der Waals surface area (Å²) in [6.07, 6.45) is -1.85. The van der Waals surface area contributed by atoms with Crippen molar-refractivity contribution in [3.63, 3.8) is 0 Å². The fourth-order valence-electron chi connectivity index (χ4n) is 5.98. The first kappa shape index (κ1) is 36.3. The molecule has 1 unspecified atom stereocenters. The Morgan fingerprint density at radius 2 is 1.63 bits per heavy atom. The summed E-state index contributed by atoms with van der Waals surface area (Å²) in [6.45, 7) is 4.49. The number of alkyl halides is 3. The fourth-order valence-corrected chi connectivity index (χ4v) is 6.96. The molecule has 1 saturated heterocycles. The van der Waals surface area contributed by atoms with Gasteiger partial charge >= 0.3 is 6.18 Å². The molecule has 0 N–H and O–H groups in total. The maximum Gasteiger partial charge on any atom is 0.416 e. The van der Waals surface area contributed by atoms with Gasteiger partial charge in [-0.2, -0.15) is 18.3 Å². The summed E-state index contributed by atoms with van der Waals surface area (Å²) >= 11 is 1.39. The number of carbonyl (C=O) groups excluding carboxylic acids is 1. The van der Waals surface area contributed by atoms with Gasteiger partial charge in [0, 0.05) is 50.0 Å². The molecule has 2 heterocycles. The number of hydrogen-bond donors (Lipinski definition) is 0. The maximum absolute atomic E-state index is 14.4. The summed E-state index contributed by atoms with van der Waals surface area (Å²) in [5.41, 5.74) is 2.72. The fraction of sp³-hybridized carbons (Fsp3) is 0.378. The number of hydrogen-bond acceptors (Lipinski definition) is 6. The average molecular weight is 697 g/mol. The third-order valence-corrected chi connectivity index (χ3v) is 9.80. The van der Waals surface area contributed by atoms with Crippen molar-refractivity contribution in [2.24, 2.45) is 0 Å². The van der Waals surface area contributed by atoms with Gasteiger partial charge in [0.15, 0.2) is 0 Å². The number of nitrogens with zero attached hydrogens (tertiary/aromatic N) is 4. The first-order valence-corrected chi connectivity index (χ1v) is 17.3. The zero-order chi connectivity index (χ0) is 35.0. The van der Waals surface area contributed by atoms with Crippen molar-refractivity contribution in [3.05, 3.63) is 117 Å². The molecule has 1 aliphatic heterocycles. The molecule has 0 aliphatic carbocycles. The van der Waals surface area contributed by atoms with Crippen LogP contribution >= 0.6 is 11.8 Å². The number of amides is 1. The van der Waals surface area contributed by atoms with Gasteiger partial charge in [0.05, 0.1) is 30.5 Å². The van der Waals surface area contributed by atoms with Crippen molar-refractivity contribution >= 4 is 17.7 Å². The van der Waals surface area contributed by atoms with Gasteiger partial charge in [-0.25, -0.2) is 9.07 Å². The summed E-state index contributed by atoms with van der Waals surface area (Å²) in [4.78, 5) is 31.9. The average Bonchev–Trinajstić information content (AvgIpc) is 3.10. The number of aryl methyl sites for hydroxylation is 1. The van der Waals surface area contributed by atoms with Crippen LogP contribution in [0.2, 0.25) is 0 Å². The maximum atomic E-state index is 14.4. The second-order valence-electron chi connectivity index (χ2n) is 12.0. The number of halogens is 4. The van der Waals surface area contributed by atoms with E-state index in [1.54, 1.807) is 19.2 Å². The molecular weight excluding hydrogens is 656 g/mol. The highest BCUT2D eigenvalue weighted by molar-refractivity contribution is 7.98. The van der Waals surface area contributed by atoms with Crippen LogP contribution in [0.1, 0.15) is 48.6 Å². The second kappa shape index (κ2) is 16.6. The first-order valence-electron chi connectivity index (χ1n) is 16.3. The van der Waals surface area contributed by atoms with Gasteiger partial charge < -0.3 is 9.64 Å². The molecule has 1 atom stereocenters. The summed E-state index contributed by atoms with van der Waals surface area (Å²) in [6, 6.07) is 20.2. The molecule has 0 spiro atoms. The van der Waals surface area contributed by atoms with E-state index in [0.29, 0.717) is 48.1 Å². The van der Waals surface area contributed by atoms with E-state index >= 15 is 0 Å². The van der Waals surface area contributed by atoms with E-state index < -0.39 is 11.7 Å². The number of rotatable bonds is 13. The summed E-state index contributed by atoms with van der Waals surface area (Å²) in [5, 5.41) is 4.60. The lowest BCUT2D eigenvalue weighted by molar-refractivity contribution is -0.140. The number of methoxy groups -OCH3 is 1. The van der Waals surface area contributed by atoms with Gasteiger partial charge in [0.2, 0.25) is 5.91 Å². The molecule has 12 heteroatoms. The van der Waals surface area contributed by atoms with E-state index in [1.807, 2.05) is 36.1 Å². The van der Waals surface area contributed by atoms with Crippen LogP contribution < -0.4 is 5.56 Å². The predicted molar refractivity (Wildman–Crippen MR) is 182 cm³/mol. The highest BCUT2D eigenvalue weighted by Crippen LogP contribution is 2.32. The van der Waals surface area contributed by atoms with Gasteiger partial charge in [-0.15, -0.1) is 11.8 Å². The van der Waals surface area contributed by atoms with Crippen LogP contribution in [-0.2, 0) is 41.0 Å². The van der Waals surface area contributed by atoms with Crippen molar-refractivity contribution in [1.29, 1.82) is 0 Å². The third-order valence-electron chi connectivity index (χ3n) is 8.65. The Kier molecular flexibility index (Phi) is 12.3. The summed E-state index contributed by atoms with van der Waals surface area (Å²) < 4.78 is 59.4. The molecule has 1 aliphatic rings. The van der Waals surface area contributed by atoms with Crippen LogP contribution in [0.4, 0.5) is 17.6 Å². The predicted octanol–water partition coefficient (Wildman–Crippen LogP) is 7.41. The molecule has 49 heavy (non-hydrogen) atoms. The Hall–Kier alpha value is -4.00.